The molecule has 0 bridgehead atoms. The summed E-state index contributed by atoms with van der Waals surface area (Å²) in [5.74, 6) is -0.902. The summed E-state index contributed by atoms with van der Waals surface area (Å²) in [6, 6.07) is 5.06. The molecule has 1 aromatic rings. The van der Waals surface area contributed by atoms with Crippen LogP contribution in [0.25, 0.3) is 0 Å². The van der Waals surface area contributed by atoms with E-state index in [9.17, 15) is 4.79 Å². The number of hydrogen-bond donors (Lipinski definition) is 2. The van der Waals surface area contributed by atoms with Crippen LogP contribution in [0.1, 0.15) is 29.6 Å². The lowest BCUT2D eigenvalue weighted by molar-refractivity contribution is 0.0697. The Balaban J connectivity index is 1.83. The van der Waals surface area contributed by atoms with Crippen molar-refractivity contribution in [1.82, 2.24) is 4.90 Å². The van der Waals surface area contributed by atoms with E-state index in [2.05, 4.69) is 26.1 Å². The zero-order valence-corrected chi connectivity index (χ0v) is 12.4. The molecule has 0 unspecified atom stereocenters. The van der Waals surface area contributed by atoms with Crippen LogP contribution in [0.4, 0.5) is 5.69 Å². The first-order chi connectivity index (χ1) is 9.16. The Bertz CT molecular complexity index is 445. The first-order valence-electron chi connectivity index (χ1n) is 6.66. The van der Waals surface area contributed by atoms with Gasteiger partial charge >= 0.3 is 5.97 Å². The van der Waals surface area contributed by atoms with Gasteiger partial charge in [-0.25, -0.2) is 4.79 Å². The number of carbonyl (C=O) groups is 1. The van der Waals surface area contributed by atoms with Gasteiger partial charge in [-0.3, -0.25) is 0 Å². The summed E-state index contributed by atoms with van der Waals surface area (Å²) in [7, 11) is 0. The number of carboxylic acid groups (broad SMARTS) is 1. The Hall–Kier alpha value is -1.07. The van der Waals surface area contributed by atoms with Gasteiger partial charge in [0.05, 0.1) is 5.56 Å². The molecule has 19 heavy (non-hydrogen) atoms. The fourth-order valence-electron chi connectivity index (χ4n) is 2.32. The van der Waals surface area contributed by atoms with Crippen molar-refractivity contribution in [3.63, 3.8) is 0 Å². The molecule has 0 radical (unpaired) electrons. The van der Waals surface area contributed by atoms with Crippen LogP contribution in [-0.4, -0.2) is 42.2 Å². The molecule has 0 amide bonds. The SMILES string of the molecule is O=C(O)c1ccc(NCCN2CCCCC2)c(Br)c1. The Kier molecular flexibility index (Phi) is 5.22. The smallest absolute Gasteiger partial charge is 0.335 e. The summed E-state index contributed by atoms with van der Waals surface area (Å²) >= 11 is 3.40. The van der Waals surface area contributed by atoms with Crippen molar-refractivity contribution in [2.75, 3.05) is 31.5 Å². The van der Waals surface area contributed by atoms with Crippen LogP contribution in [0, 0.1) is 0 Å². The zero-order valence-electron chi connectivity index (χ0n) is 10.9. The quantitative estimate of drug-likeness (QED) is 0.873. The maximum absolute atomic E-state index is 10.8. The predicted octanol–water partition coefficient (Wildman–Crippen LogP) is 3.05. The molecule has 2 rings (SSSR count). The first kappa shape index (κ1) is 14.3. The third-order valence-electron chi connectivity index (χ3n) is 3.41. The molecular weight excluding hydrogens is 308 g/mol. The highest BCUT2D eigenvalue weighted by atomic mass is 79.9. The summed E-state index contributed by atoms with van der Waals surface area (Å²) in [4.78, 5) is 13.3. The first-order valence-corrected chi connectivity index (χ1v) is 7.45. The third-order valence-corrected chi connectivity index (χ3v) is 4.06. The normalized spacial score (nSPS) is 16.3. The Morgan fingerprint density at radius 1 is 1.32 bits per heavy atom. The highest BCUT2D eigenvalue weighted by Gasteiger charge is 2.10. The van der Waals surface area contributed by atoms with Crippen molar-refractivity contribution in [2.45, 2.75) is 19.3 Å². The monoisotopic (exact) mass is 326 g/mol. The maximum atomic E-state index is 10.8. The van der Waals surface area contributed by atoms with E-state index < -0.39 is 5.97 Å². The molecule has 104 valence electrons. The number of likely N-dealkylation sites (tertiary alicyclic amines) is 1. The molecule has 0 saturated carbocycles. The van der Waals surface area contributed by atoms with Crippen LogP contribution in [0.2, 0.25) is 0 Å². The largest absolute Gasteiger partial charge is 0.478 e. The molecule has 1 aromatic carbocycles. The highest BCUT2D eigenvalue weighted by Crippen LogP contribution is 2.23. The molecule has 5 heteroatoms. The summed E-state index contributed by atoms with van der Waals surface area (Å²) in [6.45, 7) is 4.31. The van der Waals surface area contributed by atoms with Crippen LogP contribution in [0.15, 0.2) is 22.7 Å². The lowest BCUT2D eigenvalue weighted by atomic mass is 10.1. The molecule has 1 heterocycles. The Morgan fingerprint density at radius 3 is 2.68 bits per heavy atom. The summed E-state index contributed by atoms with van der Waals surface area (Å²) in [6.07, 6.45) is 3.96. The van der Waals surface area contributed by atoms with Crippen LogP contribution >= 0.6 is 15.9 Å². The van der Waals surface area contributed by atoms with Gasteiger partial charge in [0, 0.05) is 23.2 Å². The van der Waals surface area contributed by atoms with Gasteiger partial charge in [0.1, 0.15) is 0 Å². The number of hydrogen-bond acceptors (Lipinski definition) is 3. The molecule has 1 aliphatic heterocycles. The molecule has 0 atom stereocenters. The van der Waals surface area contributed by atoms with Crippen molar-refractivity contribution in [2.24, 2.45) is 0 Å². The van der Waals surface area contributed by atoms with E-state index in [-0.39, 0.29) is 0 Å². The number of piperidine rings is 1. The van der Waals surface area contributed by atoms with Crippen LogP contribution in [0.3, 0.4) is 0 Å². The zero-order chi connectivity index (χ0) is 13.7. The van der Waals surface area contributed by atoms with Gasteiger partial charge in [0.2, 0.25) is 0 Å². The summed E-state index contributed by atoms with van der Waals surface area (Å²) in [5, 5.41) is 12.2. The number of benzene rings is 1. The lowest BCUT2D eigenvalue weighted by Crippen LogP contribution is -2.33. The van der Waals surface area contributed by atoms with E-state index in [1.54, 1.807) is 12.1 Å². The predicted molar refractivity (Wildman–Crippen MR) is 79.9 cm³/mol. The van der Waals surface area contributed by atoms with Gasteiger partial charge < -0.3 is 15.3 Å². The molecule has 4 nitrogen and oxygen atoms in total. The van der Waals surface area contributed by atoms with Crippen molar-refractivity contribution in [3.05, 3.63) is 28.2 Å². The Labute approximate surface area is 121 Å². The fraction of sp³-hybridized carbons (Fsp3) is 0.500. The fourth-order valence-corrected chi connectivity index (χ4v) is 2.84. The minimum absolute atomic E-state index is 0.299. The molecule has 2 N–H and O–H groups in total. The molecular formula is C14H19BrN2O2. The second-order valence-corrected chi connectivity index (χ2v) is 5.68. The number of anilines is 1. The number of nitrogens with one attached hydrogen (secondary N) is 1. The van der Waals surface area contributed by atoms with Crippen molar-refractivity contribution in [1.29, 1.82) is 0 Å². The second-order valence-electron chi connectivity index (χ2n) is 4.83. The topological polar surface area (TPSA) is 52.6 Å². The highest BCUT2D eigenvalue weighted by molar-refractivity contribution is 9.10. The van der Waals surface area contributed by atoms with E-state index >= 15 is 0 Å². The van der Waals surface area contributed by atoms with E-state index in [0.717, 1.165) is 23.2 Å². The van der Waals surface area contributed by atoms with Gasteiger partial charge in [-0.15, -0.1) is 0 Å². The van der Waals surface area contributed by atoms with Gasteiger partial charge in [-0.1, -0.05) is 6.42 Å². The van der Waals surface area contributed by atoms with Crippen molar-refractivity contribution in [3.8, 4) is 0 Å². The number of nitrogens with zero attached hydrogens (tertiary/aromatic N) is 1. The Morgan fingerprint density at radius 2 is 2.05 bits per heavy atom. The molecule has 0 aliphatic carbocycles. The average molecular weight is 327 g/mol. The van der Waals surface area contributed by atoms with E-state index in [1.807, 2.05) is 6.07 Å². The average Bonchev–Trinajstić information content (AvgIpc) is 2.41. The number of aromatic carboxylic acids is 1. The van der Waals surface area contributed by atoms with E-state index in [1.165, 1.54) is 32.4 Å². The van der Waals surface area contributed by atoms with Crippen LogP contribution in [-0.2, 0) is 0 Å². The van der Waals surface area contributed by atoms with Gasteiger partial charge in [-0.2, -0.15) is 0 Å². The molecule has 1 aliphatic rings. The van der Waals surface area contributed by atoms with E-state index in [0.29, 0.717) is 5.56 Å². The molecule has 0 spiro atoms. The van der Waals surface area contributed by atoms with Crippen molar-refractivity contribution < 1.29 is 9.90 Å². The number of rotatable bonds is 5. The van der Waals surface area contributed by atoms with Gasteiger partial charge in [0.15, 0.2) is 0 Å². The minimum Gasteiger partial charge on any atom is -0.478 e. The second kappa shape index (κ2) is 6.91. The number of halogens is 1. The molecule has 1 saturated heterocycles. The molecule has 0 aromatic heterocycles. The lowest BCUT2D eigenvalue weighted by Gasteiger charge is -2.26. The standard InChI is InChI=1S/C14H19BrN2O2/c15-12-10-11(14(18)19)4-5-13(12)16-6-9-17-7-2-1-3-8-17/h4-5,10,16H,1-3,6-9H2,(H,18,19). The third kappa shape index (κ3) is 4.21. The maximum Gasteiger partial charge on any atom is 0.335 e. The van der Waals surface area contributed by atoms with Crippen LogP contribution < -0.4 is 5.32 Å². The van der Waals surface area contributed by atoms with Crippen molar-refractivity contribution >= 4 is 27.6 Å². The summed E-state index contributed by atoms with van der Waals surface area (Å²) < 4.78 is 0.797. The van der Waals surface area contributed by atoms with Crippen LogP contribution in [0.5, 0.6) is 0 Å². The van der Waals surface area contributed by atoms with Gasteiger partial charge in [0.25, 0.3) is 0 Å². The number of carboxylic acids is 1. The molecule has 1 fully saturated rings. The van der Waals surface area contributed by atoms with E-state index in [4.69, 9.17) is 5.11 Å². The minimum atomic E-state index is -0.902. The van der Waals surface area contributed by atoms with Gasteiger partial charge in [-0.05, 0) is 60.1 Å². The summed E-state index contributed by atoms with van der Waals surface area (Å²) in [5.41, 5.74) is 1.25.